The van der Waals surface area contributed by atoms with E-state index in [1.807, 2.05) is 48.9 Å². The fraction of sp³-hybridized carbons (Fsp3) is 0.120. The molecule has 0 aliphatic carbocycles. The van der Waals surface area contributed by atoms with Crippen LogP contribution in [0.4, 0.5) is 0 Å². The van der Waals surface area contributed by atoms with Gasteiger partial charge in [0.2, 0.25) is 0 Å². The van der Waals surface area contributed by atoms with Crippen molar-refractivity contribution < 1.29 is 4.42 Å². The first-order chi connectivity index (χ1) is 13.7. The number of para-hydroxylation sites is 1. The lowest BCUT2D eigenvalue weighted by molar-refractivity contribution is 0.641. The standard InChI is InChI=1S/C25H20N2O/c1-25(2,17-12-15-26-16-13-17)20-11-10-18(21-8-5-6-14-27-21)24-23(20)19-7-3-4-9-22(19)28-24/h3-16H,1-2H3. The highest BCUT2D eigenvalue weighted by Crippen LogP contribution is 2.43. The molecule has 3 nitrogen and oxygen atoms in total. The molecule has 0 saturated heterocycles. The smallest absolute Gasteiger partial charge is 0.145 e. The van der Waals surface area contributed by atoms with Gasteiger partial charge in [-0.3, -0.25) is 9.97 Å². The first-order valence-electron chi connectivity index (χ1n) is 9.43. The second-order valence-electron chi connectivity index (χ2n) is 7.54. The van der Waals surface area contributed by atoms with Gasteiger partial charge in [-0.1, -0.05) is 44.2 Å². The molecule has 0 amide bonds. The van der Waals surface area contributed by atoms with Crippen molar-refractivity contribution in [2.75, 3.05) is 0 Å². The van der Waals surface area contributed by atoms with Crippen LogP contribution in [0.5, 0.6) is 0 Å². The van der Waals surface area contributed by atoms with Crippen LogP contribution >= 0.6 is 0 Å². The first-order valence-corrected chi connectivity index (χ1v) is 9.43. The van der Waals surface area contributed by atoms with E-state index >= 15 is 0 Å². The predicted octanol–water partition coefficient (Wildman–Crippen LogP) is 6.37. The lowest BCUT2D eigenvalue weighted by Gasteiger charge is -2.27. The highest BCUT2D eigenvalue weighted by atomic mass is 16.3. The van der Waals surface area contributed by atoms with Gasteiger partial charge >= 0.3 is 0 Å². The van der Waals surface area contributed by atoms with Gasteiger partial charge in [-0.2, -0.15) is 0 Å². The maximum absolute atomic E-state index is 6.36. The minimum atomic E-state index is -0.198. The van der Waals surface area contributed by atoms with Crippen LogP contribution in [0.3, 0.4) is 0 Å². The van der Waals surface area contributed by atoms with Gasteiger partial charge in [-0.15, -0.1) is 0 Å². The average Bonchev–Trinajstić information content (AvgIpc) is 3.14. The molecule has 3 heteroatoms. The number of rotatable bonds is 3. The molecular weight excluding hydrogens is 344 g/mol. The van der Waals surface area contributed by atoms with Crippen molar-refractivity contribution in [2.45, 2.75) is 19.3 Å². The third-order valence-electron chi connectivity index (χ3n) is 5.54. The molecule has 0 N–H and O–H groups in total. The van der Waals surface area contributed by atoms with E-state index in [-0.39, 0.29) is 5.41 Å². The second-order valence-corrected chi connectivity index (χ2v) is 7.54. The monoisotopic (exact) mass is 364 g/mol. The molecule has 0 atom stereocenters. The van der Waals surface area contributed by atoms with Crippen LogP contribution in [-0.4, -0.2) is 9.97 Å². The number of benzene rings is 2. The minimum Gasteiger partial charge on any atom is -0.455 e. The highest BCUT2D eigenvalue weighted by molar-refractivity contribution is 6.11. The van der Waals surface area contributed by atoms with Gasteiger partial charge < -0.3 is 4.42 Å². The molecular formula is C25H20N2O. The molecule has 0 bridgehead atoms. The van der Waals surface area contributed by atoms with E-state index in [1.54, 1.807) is 0 Å². The summed E-state index contributed by atoms with van der Waals surface area (Å²) in [6.07, 6.45) is 5.52. The molecule has 5 rings (SSSR count). The molecule has 0 unspecified atom stereocenters. The zero-order chi connectivity index (χ0) is 19.1. The summed E-state index contributed by atoms with van der Waals surface area (Å²) < 4.78 is 6.36. The van der Waals surface area contributed by atoms with Crippen LogP contribution in [0.25, 0.3) is 33.2 Å². The summed E-state index contributed by atoms with van der Waals surface area (Å²) in [5, 5.41) is 2.29. The Morgan fingerprint density at radius 2 is 1.57 bits per heavy atom. The minimum absolute atomic E-state index is 0.198. The fourth-order valence-corrected chi connectivity index (χ4v) is 4.00. The summed E-state index contributed by atoms with van der Waals surface area (Å²) in [7, 11) is 0. The van der Waals surface area contributed by atoms with Gasteiger partial charge in [0, 0.05) is 40.3 Å². The van der Waals surface area contributed by atoms with Crippen molar-refractivity contribution in [1.82, 2.24) is 9.97 Å². The van der Waals surface area contributed by atoms with Crippen molar-refractivity contribution >= 4 is 21.9 Å². The summed E-state index contributed by atoms with van der Waals surface area (Å²) >= 11 is 0. The van der Waals surface area contributed by atoms with Crippen molar-refractivity contribution in [1.29, 1.82) is 0 Å². The van der Waals surface area contributed by atoms with Crippen LogP contribution in [0.2, 0.25) is 0 Å². The highest BCUT2D eigenvalue weighted by Gasteiger charge is 2.28. The van der Waals surface area contributed by atoms with E-state index in [4.69, 9.17) is 4.42 Å². The SMILES string of the molecule is CC(C)(c1ccncc1)c1ccc(-c2ccccn2)c2oc3ccccc3c12. The van der Waals surface area contributed by atoms with Gasteiger partial charge in [0.1, 0.15) is 11.2 Å². The van der Waals surface area contributed by atoms with E-state index < -0.39 is 0 Å². The second kappa shape index (κ2) is 6.31. The third-order valence-corrected chi connectivity index (χ3v) is 5.54. The summed E-state index contributed by atoms with van der Waals surface area (Å²) in [6, 6.07) is 22.7. The molecule has 136 valence electrons. The van der Waals surface area contributed by atoms with Crippen LogP contribution in [-0.2, 0) is 5.41 Å². The van der Waals surface area contributed by atoms with Gasteiger partial charge in [-0.05, 0) is 47.5 Å². The zero-order valence-corrected chi connectivity index (χ0v) is 15.9. The van der Waals surface area contributed by atoms with E-state index in [0.717, 1.165) is 33.2 Å². The summed E-state index contributed by atoms with van der Waals surface area (Å²) in [4.78, 5) is 8.73. The number of hydrogen-bond donors (Lipinski definition) is 0. The maximum Gasteiger partial charge on any atom is 0.145 e. The fourth-order valence-electron chi connectivity index (χ4n) is 4.00. The summed E-state index contributed by atoms with van der Waals surface area (Å²) in [6.45, 7) is 4.50. The molecule has 3 heterocycles. The van der Waals surface area contributed by atoms with Crippen molar-refractivity contribution in [2.24, 2.45) is 0 Å². The molecule has 0 saturated carbocycles. The largest absolute Gasteiger partial charge is 0.455 e. The Morgan fingerprint density at radius 1 is 0.786 bits per heavy atom. The number of nitrogens with zero attached hydrogens (tertiary/aromatic N) is 2. The van der Waals surface area contributed by atoms with Crippen LogP contribution in [0.1, 0.15) is 25.0 Å². The van der Waals surface area contributed by atoms with Gasteiger partial charge in [0.05, 0.1) is 5.69 Å². The zero-order valence-electron chi connectivity index (χ0n) is 15.9. The van der Waals surface area contributed by atoms with Gasteiger partial charge in [0.15, 0.2) is 0 Å². The van der Waals surface area contributed by atoms with E-state index in [0.29, 0.717) is 0 Å². The maximum atomic E-state index is 6.36. The Labute approximate surface area is 163 Å². The summed E-state index contributed by atoms with van der Waals surface area (Å²) in [5.41, 5.74) is 5.97. The molecule has 0 aliphatic rings. The first kappa shape index (κ1) is 16.7. The Hall–Kier alpha value is -3.46. The summed E-state index contributed by atoms with van der Waals surface area (Å²) in [5.74, 6) is 0. The van der Waals surface area contributed by atoms with E-state index in [9.17, 15) is 0 Å². The van der Waals surface area contributed by atoms with E-state index in [1.165, 1.54) is 11.1 Å². The number of aromatic nitrogens is 2. The van der Waals surface area contributed by atoms with Crippen molar-refractivity contribution in [3.63, 3.8) is 0 Å². The number of pyridine rings is 2. The third kappa shape index (κ3) is 2.51. The van der Waals surface area contributed by atoms with Gasteiger partial charge in [0.25, 0.3) is 0 Å². The number of hydrogen-bond acceptors (Lipinski definition) is 3. The molecule has 3 aromatic heterocycles. The molecule has 0 radical (unpaired) electrons. The van der Waals surface area contributed by atoms with E-state index in [2.05, 4.69) is 60.2 Å². The Morgan fingerprint density at radius 3 is 2.36 bits per heavy atom. The lowest BCUT2D eigenvalue weighted by atomic mass is 9.76. The molecule has 5 aromatic rings. The molecule has 2 aromatic carbocycles. The Balaban J connectivity index is 1.87. The molecule has 0 fully saturated rings. The quantitative estimate of drug-likeness (QED) is 0.373. The number of fused-ring (bicyclic) bond motifs is 3. The molecule has 0 spiro atoms. The van der Waals surface area contributed by atoms with Crippen molar-refractivity contribution in [3.05, 3.63) is 96.4 Å². The number of furan rings is 1. The lowest BCUT2D eigenvalue weighted by Crippen LogP contribution is -2.19. The average molecular weight is 364 g/mol. The van der Waals surface area contributed by atoms with Crippen molar-refractivity contribution in [3.8, 4) is 11.3 Å². The molecule has 28 heavy (non-hydrogen) atoms. The van der Waals surface area contributed by atoms with Gasteiger partial charge in [-0.25, -0.2) is 0 Å². The predicted molar refractivity (Wildman–Crippen MR) is 113 cm³/mol. The Kier molecular flexibility index (Phi) is 3.76. The normalized spacial score (nSPS) is 11.9. The van der Waals surface area contributed by atoms with Crippen LogP contribution in [0.15, 0.2) is 89.7 Å². The Bertz CT molecular complexity index is 1270. The topological polar surface area (TPSA) is 38.9 Å². The van der Waals surface area contributed by atoms with Crippen LogP contribution in [0, 0.1) is 0 Å². The van der Waals surface area contributed by atoms with Crippen LogP contribution < -0.4 is 0 Å². The molecule has 0 aliphatic heterocycles.